The number of esters is 1. The molecule has 0 spiro atoms. The molecule has 0 amide bonds. The summed E-state index contributed by atoms with van der Waals surface area (Å²) in [6, 6.07) is 0. The zero-order valence-electron chi connectivity index (χ0n) is 10.5. The van der Waals surface area contributed by atoms with Gasteiger partial charge in [0.1, 0.15) is 5.78 Å². The van der Waals surface area contributed by atoms with Crippen molar-refractivity contribution in [1.29, 1.82) is 0 Å². The van der Waals surface area contributed by atoms with E-state index in [9.17, 15) is 9.59 Å². The van der Waals surface area contributed by atoms with Crippen LogP contribution in [0.2, 0.25) is 0 Å². The number of ether oxygens (including phenoxy) is 1. The third kappa shape index (κ3) is 3.95. The zero-order chi connectivity index (χ0) is 12.1. The van der Waals surface area contributed by atoms with Crippen LogP contribution in [-0.2, 0) is 14.3 Å². The first kappa shape index (κ1) is 13.2. The third-order valence-electron chi connectivity index (χ3n) is 3.34. The first-order chi connectivity index (χ1) is 7.50. The van der Waals surface area contributed by atoms with Gasteiger partial charge in [-0.1, -0.05) is 13.8 Å². The van der Waals surface area contributed by atoms with Crippen LogP contribution in [0.4, 0.5) is 0 Å². The van der Waals surface area contributed by atoms with E-state index in [1.54, 1.807) is 0 Å². The standard InChI is InChI=1S/C13H22O3/c1-9(2)13(15)12-6-4-11(5-7-12)8-16-10(3)14/h9,11-12H,4-8H2,1-3H3. The Bertz CT molecular complexity index is 250. The van der Waals surface area contributed by atoms with Gasteiger partial charge in [-0.15, -0.1) is 0 Å². The van der Waals surface area contributed by atoms with Gasteiger partial charge >= 0.3 is 5.97 Å². The molecule has 0 radical (unpaired) electrons. The lowest BCUT2D eigenvalue weighted by Crippen LogP contribution is -2.27. The van der Waals surface area contributed by atoms with Crippen LogP contribution in [0.15, 0.2) is 0 Å². The molecule has 0 aromatic heterocycles. The number of Topliss-reactive ketones (excluding diaryl/α,β-unsaturated/α-hetero) is 1. The van der Waals surface area contributed by atoms with E-state index in [-0.39, 0.29) is 17.8 Å². The molecular formula is C13H22O3. The maximum Gasteiger partial charge on any atom is 0.302 e. The van der Waals surface area contributed by atoms with Crippen LogP contribution in [-0.4, -0.2) is 18.4 Å². The van der Waals surface area contributed by atoms with Gasteiger partial charge in [0.2, 0.25) is 0 Å². The third-order valence-corrected chi connectivity index (χ3v) is 3.34. The highest BCUT2D eigenvalue weighted by Crippen LogP contribution is 2.30. The summed E-state index contributed by atoms with van der Waals surface area (Å²) in [5, 5.41) is 0. The van der Waals surface area contributed by atoms with Gasteiger partial charge in [-0.3, -0.25) is 9.59 Å². The van der Waals surface area contributed by atoms with Crippen molar-refractivity contribution in [2.24, 2.45) is 17.8 Å². The first-order valence-corrected chi connectivity index (χ1v) is 6.17. The SMILES string of the molecule is CC(=O)OCC1CCC(C(=O)C(C)C)CC1. The van der Waals surface area contributed by atoms with E-state index >= 15 is 0 Å². The second-order valence-electron chi connectivity index (χ2n) is 5.08. The predicted molar refractivity (Wildman–Crippen MR) is 61.9 cm³/mol. The van der Waals surface area contributed by atoms with Crippen LogP contribution in [0.3, 0.4) is 0 Å². The van der Waals surface area contributed by atoms with Gasteiger partial charge in [-0.2, -0.15) is 0 Å². The molecule has 1 fully saturated rings. The van der Waals surface area contributed by atoms with Gasteiger partial charge in [0.15, 0.2) is 0 Å². The summed E-state index contributed by atoms with van der Waals surface area (Å²) < 4.78 is 5.00. The predicted octanol–water partition coefficient (Wildman–Crippen LogP) is 2.58. The highest BCUT2D eigenvalue weighted by atomic mass is 16.5. The number of hydrogen-bond donors (Lipinski definition) is 0. The van der Waals surface area contributed by atoms with Crippen molar-refractivity contribution in [3.8, 4) is 0 Å². The van der Waals surface area contributed by atoms with Crippen molar-refractivity contribution in [1.82, 2.24) is 0 Å². The van der Waals surface area contributed by atoms with Crippen LogP contribution in [0, 0.1) is 17.8 Å². The van der Waals surface area contributed by atoms with E-state index in [1.165, 1.54) is 6.92 Å². The molecular weight excluding hydrogens is 204 g/mol. The maximum absolute atomic E-state index is 11.8. The molecule has 0 atom stereocenters. The topological polar surface area (TPSA) is 43.4 Å². The van der Waals surface area contributed by atoms with Crippen molar-refractivity contribution in [2.75, 3.05) is 6.61 Å². The summed E-state index contributed by atoms with van der Waals surface area (Å²) in [6.45, 7) is 5.90. The number of ketones is 1. The van der Waals surface area contributed by atoms with Crippen molar-refractivity contribution < 1.29 is 14.3 Å². The molecule has 1 aliphatic carbocycles. The smallest absolute Gasteiger partial charge is 0.302 e. The summed E-state index contributed by atoms with van der Waals surface area (Å²) in [6.07, 6.45) is 3.94. The van der Waals surface area contributed by atoms with Crippen molar-refractivity contribution >= 4 is 11.8 Å². The molecule has 1 saturated carbocycles. The van der Waals surface area contributed by atoms with E-state index in [2.05, 4.69) is 0 Å². The molecule has 3 heteroatoms. The average Bonchev–Trinajstić information content (AvgIpc) is 2.26. The Labute approximate surface area is 97.5 Å². The number of rotatable bonds is 4. The molecule has 0 aliphatic heterocycles. The summed E-state index contributed by atoms with van der Waals surface area (Å²) in [7, 11) is 0. The van der Waals surface area contributed by atoms with Crippen molar-refractivity contribution in [2.45, 2.75) is 46.5 Å². The number of hydrogen-bond acceptors (Lipinski definition) is 3. The van der Waals surface area contributed by atoms with Gasteiger partial charge in [-0.05, 0) is 31.6 Å². The van der Waals surface area contributed by atoms with Crippen LogP contribution < -0.4 is 0 Å². The summed E-state index contributed by atoms with van der Waals surface area (Å²) in [4.78, 5) is 22.5. The van der Waals surface area contributed by atoms with Gasteiger partial charge < -0.3 is 4.74 Å². The van der Waals surface area contributed by atoms with Crippen molar-refractivity contribution in [3.05, 3.63) is 0 Å². The zero-order valence-corrected chi connectivity index (χ0v) is 10.5. The fourth-order valence-corrected chi connectivity index (χ4v) is 2.32. The van der Waals surface area contributed by atoms with Crippen LogP contribution >= 0.6 is 0 Å². The minimum absolute atomic E-state index is 0.148. The highest BCUT2D eigenvalue weighted by molar-refractivity contribution is 5.82. The molecule has 0 unspecified atom stereocenters. The molecule has 0 aromatic rings. The largest absolute Gasteiger partial charge is 0.466 e. The Morgan fingerprint density at radius 3 is 2.19 bits per heavy atom. The molecule has 0 saturated heterocycles. The van der Waals surface area contributed by atoms with Gasteiger partial charge in [-0.25, -0.2) is 0 Å². The van der Waals surface area contributed by atoms with Gasteiger partial charge in [0.25, 0.3) is 0 Å². The Kier molecular flexibility index (Phi) is 4.97. The number of carbonyl (C=O) groups is 2. The lowest BCUT2D eigenvalue weighted by molar-refractivity contribution is -0.143. The molecule has 0 bridgehead atoms. The molecule has 0 heterocycles. The van der Waals surface area contributed by atoms with Crippen LogP contribution in [0.5, 0.6) is 0 Å². The van der Waals surface area contributed by atoms with E-state index in [0.29, 0.717) is 18.3 Å². The molecule has 92 valence electrons. The molecule has 1 rings (SSSR count). The second kappa shape index (κ2) is 6.02. The van der Waals surface area contributed by atoms with Crippen LogP contribution in [0.1, 0.15) is 46.5 Å². The number of carbonyl (C=O) groups excluding carboxylic acids is 2. The minimum Gasteiger partial charge on any atom is -0.466 e. The minimum atomic E-state index is -0.208. The first-order valence-electron chi connectivity index (χ1n) is 6.17. The Balaban J connectivity index is 2.28. The molecule has 0 N–H and O–H groups in total. The average molecular weight is 226 g/mol. The molecule has 3 nitrogen and oxygen atoms in total. The highest BCUT2D eigenvalue weighted by Gasteiger charge is 2.27. The Hall–Kier alpha value is -0.860. The second-order valence-corrected chi connectivity index (χ2v) is 5.08. The van der Waals surface area contributed by atoms with E-state index in [1.807, 2.05) is 13.8 Å². The monoisotopic (exact) mass is 226 g/mol. The fourth-order valence-electron chi connectivity index (χ4n) is 2.32. The molecule has 1 aliphatic rings. The quantitative estimate of drug-likeness (QED) is 0.692. The van der Waals surface area contributed by atoms with Crippen molar-refractivity contribution in [3.63, 3.8) is 0 Å². The molecule has 16 heavy (non-hydrogen) atoms. The molecule has 0 aromatic carbocycles. The Morgan fingerprint density at radius 1 is 1.19 bits per heavy atom. The lowest BCUT2D eigenvalue weighted by atomic mass is 9.78. The fraction of sp³-hybridized carbons (Fsp3) is 0.846. The van der Waals surface area contributed by atoms with E-state index < -0.39 is 0 Å². The Morgan fingerprint density at radius 2 is 1.75 bits per heavy atom. The summed E-state index contributed by atoms with van der Waals surface area (Å²) in [5.41, 5.74) is 0. The lowest BCUT2D eigenvalue weighted by Gasteiger charge is -2.28. The van der Waals surface area contributed by atoms with Gasteiger partial charge in [0.05, 0.1) is 6.61 Å². The summed E-state index contributed by atoms with van der Waals surface area (Å²) in [5.74, 6) is 1.04. The summed E-state index contributed by atoms with van der Waals surface area (Å²) >= 11 is 0. The van der Waals surface area contributed by atoms with E-state index in [4.69, 9.17) is 4.74 Å². The maximum atomic E-state index is 11.8. The normalized spacial score (nSPS) is 25.5. The van der Waals surface area contributed by atoms with E-state index in [0.717, 1.165) is 25.7 Å². The van der Waals surface area contributed by atoms with Crippen LogP contribution in [0.25, 0.3) is 0 Å². The van der Waals surface area contributed by atoms with Gasteiger partial charge in [0, 0.05) is 18.8 Å².